The lowest BCUT2D eigenvalue weighted by Crippen LogP contribution is -2.52. The molecule has 0 bridgehead atoms. The highest BCUT2D eigenvalue weighted by molar-refractivity contribution is 6.44. The molecule has 0 aromatic heterocycles. The monoisotopic (exact) mass is 428 g/mol. The molecule has 1 saturated carbocycles. The van der Waals surface area contributed by atoms with Crippen LogP contribution in [0.1, 0.15) is 39.5 Å². The fourth-order valence-electron chi connectivity index (χ4n) is 4.95. The first-order chi connectivity index (χ1) is 15.0. The van der Waals surface area contributed by atoms with E-state index in [1.165, 1.54) is 4.90 Å². The van der Waals surface area contributed by atoms with Crippen LogP contribution in [-0.2, 0) is 9.59 Å². The molecule has 1 aromatic rings. The van der Waals surface area contributed by atoms with Crippen molar-refractivity contribution in [3.05, 3.63) is 24.3 Å². The highest BCUT2D eigenvalue weighted by Gasteiger charge is 2.49. The Morgan fingerprint density at radius 2 is 1.68 bits per heavy atom. The molecule has 2 saturated heterocycles. The number of rotatable bonds is 6. The Bertz CT molecular complexity index is 837. The summed E-state index contributed by atoms with van der Waals surface area (Å²) in [5.41, 5.74) is 1.06. The smallest absolute Gasteiger partial charge is 0.335 e. The summed E-state index contributed by atoms with van der Waals surface area (Å²) >= 11 is 0. The van der Waals surface area contributed by atoms with Crippen LogP contribution in [0.4, 0.5) is 10.5 Å². The summed E-state index contributed by atoms with van der Waals surface area (Å²) in [7, 11) is 0. The molecule has 168 valence electrons. The van der Waals surface area contributed by atoms with Crippen molar-refractivity contribution in [2.24, 2.45) is 5.92 Å². The second kappa shape index (κ2) is 9.26. The van der Waals surface area contributed by atoms with Crippen molar-refractivity contribution < 1.29 is 19.1 Å². The van der Waals surface area contributed by atoms with Crippen molar-refractivity contribution in [1.29, 1.82) is 0 Å². The summed E-state index contributed by atoms with van der Waals surface area (Å²) in [5.74, 6) is -0.241. The van der Waals surface area contributed by atoms with Gasteiger partial charge in [0.2, 0.25) is 0 Å². The number of hydrogen-bond acceptors (Lipinski definition) is 6. The molecule has 3 fully saturated rings. The topological polar surface area (TPSA) is 73.4 Å². The van der Waals surface area contributed by atoms with Gasteiger partial charge in [0.1, 0.15) is 5.75 Å². The molecule has 4 rings (SSSR count). The van der Waals surface area contributed by atoms with Gasteiger partial charge in [0.15, 0.2) is 0 Å². The van der Waals surface area contributed by atoms with Crippen LogP contribution in [0.5, 0.6) is 5.75 Å². The van der Waals surface area contributed by atoms with E-state index in [2.05, 4.69) is 22.8 Å². The van der Waals surface area contributed by atoms with Crippen molar-refractivity contribution in [2.45, 2.75) is 45.6 Å². The van der Waals surface area contributed by atoms with Gasteiger partial charge >= 0.3 is 17.8 Å². The lowest BCUT2D eigenvalue weighted by Gasteiger charge is -2.38. The molecule has 2 heterocycles. The van der Waals surface area contributed by atoms with Crippen LogP contribution in [0.2, 0.25) is 0 Å². The Morgan fingerprint density at radius 3 is 2.39 bits per heavy atom. The van der Waals surface area contributed by atoms with Crippen LogP contribution in [0, 0.1) is 5.92 Å². The van der Waals surface area contributed by atoms with Crippen molar-refractivity contribution in [1.82, 2.24) is 14.7 Å². The van der Waals surface area contributed by atoms with Gasteiger partial charge in [-0.3, -0.25) is 19.4 Å². The van der Waals surface area contributed by atoms with E-state index in [-0.39, 0.29) is 18.6 Å². The fraction of sp³-hybridized carbons (Fsp3) is 0.609. The molecule has 1 aliphatic carbocycles. The number of benzene rings is 1. The van der Waals surface area contributed by atoms with E-state index in [0.717, 1.165) is 55.1 Å². The molecule has 2 aliphatic heterocycles. The molecule has 8 heteroatoms. The molecule has 31 heavy (non-hydrogen) atoms. The normalized spacial score (nSPS) is 25.5. The Morgan fingerprint density at radius 1 is 0.968 bits per heavy atom. The Balaban J connectivity index is 1.38. The molecule has 0 N–H and O–H groups in total. The van der Waals surface area contributed by atoms with Crippen molar-refractivity contribution in [3.63, 3.8) is 0 Å². The number of para-hydroxylation sites is 2. The van der Waals surface area contributed by atoms with Gasteiger partial charge in [-0.1, -0.05) is 31.9 Å². The van der Waals surface area contributed by atoms with E-state index in [4.69, 9.17) is 4.74 Å². The third kappa shape index (κ3) is 4.26. The van der Waals surface area contributed by atoms with Crippen LogP contribution >= 0.6 is 0 Å². The van der Waals surface area contributed by atoms with E-state index >= 15 is 0 Å². The number of anilines is 1. The van der Waals surface area contributed by atoms with Gasteiger partial charge in [-0.2, -0.15) is 0 Å². The van der Waals surface area contributed by atoms with Crippen LogP contribution < -0.4 is 9.64 Å². The predicted octanol–water partition coefficient (Wildman–Crippen LogP) is 2.53. The summed E-state index contributed by atoms with van der Waals surface area (Å²) < 4.78 is 5.75. The number of ether oxygens (including phenoxy) is 1. The van der Waals surface area contributed by atoms with Crippen molar-refractivity contribution in [2.75, 3.05) is 44.4 Å². The van der Waals surface area contributed by atoms with Gasteiger partial charge in [-0.15, -0.1) is 0 Å². The Kier molecular flexibility index (Phi) is 6.46. The molecule has 2 atom stereocenters. The standard InChI is InChI=1S/C23H32N4O4/c1-3-31-20-11-7-6-10-19(20)25-14-12-24(13-15-25)16-26-21(28)22(29)27(23(26)30)18-9-5-4-8-17(18)2/h6-7,10-11,17-18H,3-5,8-9,12-16H2,1-2H3/t17-,18-/m1/s1. The number of carbonyl (C=O) groups is 3. The van der Waals surface area contributed by atoms with Crippen molar-refractivity contribution >= 4 is 23.5 Å². The van der Waals surface area contributed by atoms with E-state index in [1.807, 2.05) is 25.1 Å². The summed E-state index contributed by atoms with van der Waals surface area (Å²) in [6.07, 6.45) is 3.88. The van der Waals surface area contributed by atoms with Crippen LogP contribution in [0.15, 0.2) is 24.3 Å². The average molecular weight is 429 g/mol. The van der Waals surface area contributed by atoms with Gasteiger partial charge in [0, 0.05) is 32.2 Å². The predicted molar refractivity (Wildman–Crippen MR) is 117 cm³/mol. The van der Waals surface area contributed by atoms with E-state index in [9.17, 15) is 14.4 Å². The second-order valence-corrected chi connectivity index (χ2v) is 8.67. The highest BCUT2D eigenvalue weighted by Crippen LogP contribution is 2.32. The molecular weight excluding hydrogens is 396 g/mol. The third-order valence-corrected chi connectivity index (χ3v) is 6.70. The second-order valence-electron chi connectivity index (χ2n) is 8.67. The number of carbonyl (C=O) groups excluding carboxylic acids is 3. The van der Waals surface area contributed by atoms with Gasteiger partial charge in [0.25, 0.3) is 0 Å². The first-order valence-electron chi connectivity index (χ1n) is 11.4. The summed E-state index contributed by atoms with van der Waals surface area (Å²) in [6.45, 7) is 7.74. The average Bonchev–Trinajstić information content (AvgIpc) is 2.99. The maximum Gasteiger partial charge on any atom is 0.335 e. The van der Waals surface area contributed by atoms with E-state index in [0.29, 0.717) is 19.7 Å². The Hall–Kier alpha value is -2.61. The number of hydrogen-bond donors (Lipinski definition) is 0. The van der Waals surface area contributed by atoms with Crippen LogP contribution in [0.25, 0.3) is 0 Å². The first-order valence-corrected chi connectivity index (χ1v) is 11.4. The van der Waals surface area contributed by atoms with Crippen molar-refractivity contribution in [3.8, 4) is 5.75 Å². The molecule has 0 radical (unpaired) electrons. The minimum atomic E-state index is -0.688. The van der Waals surface area contributed by atoms with Gasteiger partial charge in [-0.05, 0) is 37.8 Å². The Labute approximate surface area is 183 Å². The molecular formula is C23H32N4O4. The zero-order chi connectivity index (χ0) is 22.0. The van der Waals surface area contributed by atoms with Crippen LogP contribution in [0.3, 0.4) is 0 Å². The lowest BCUT2D eigenvalue weighted by molar-refractivity contribution is -0.145. The number of piperazine rings is 1. The first kappa shape index (κ1) is 21.6. The zero-order valence-corrected chi connectivity index (χ0v) is 18.5. The SMILES string of the molecule is CCOc1ccccc1N1CCN(CN2C(=O)C(=O)N([C@@H]3CCCC[C@H]3C)C2=O)CC1. The minimum absolute atomic E-state index is 0.158. The molecule has 4 amide bonds. The number of imide groups is 2. The van der Waals surface area contributed by atoms with Crippen LogP contribution in [-0.4, -0.2) is 78.0 Å². The molecule has 8 nitrogen and oxygen atoms in total. The summed E-state index contributed by atoms with van der Waals surface area (Å²) in [6, 6.07) is 7.38. The molecule has 3 aliphatic rings. The van der Waals surface area contributed by atoms with Gasteiger partial charge < -0.3 is 9.64 Å². The zero-order valence-electron chi connectivity index (χ0n) is 18.5. The van der Waals surface area contributed by atoms with Gasteiger partial charge in [0.05, 0.1) is 19.0 Å². The third-order valence-electron chi connectivity index (χ3n) is 6.70. The minimum Gasteiger partial charge on any atom is -0.492 e. The summed E-state index contributed by atoms with van der Waals surface area (Å²) in [4.78, 5) is 44.9. The quantitative estimate of drug-likeness (QED) is 0.512. The fourth-order valence-corrected chi connectivity index (χ4v) is 4.95. The maximum absolute atomic E-state index is 13.0. The number of amides is 4. The molecule has 0 spiro atoms. The largest absolute Gasteiger partial charge is 0.492 e. The maximum atomic E-state index is 13.0. The summed E-state index contributed by atoms with van der Waals surface area (Å²) in [5, 5.41) is 0. The number of nitrogens with zero attached hydrogens (tertiary/aromatic N) is 4. The number of urea groups is 1. The molecule has 0 unspecified atom stereocenters. The highest BCUT2D eigenvalue weighted by atomic mass is 16.5. The van der Waals surface area contributed by atoms with E-state index < -0.39 is 17.8 Å². The lowest BCUT2D eigenvalue weighted by atomic mass is 9.85. The van der Waals surface area contributed by atoms with E-state index in [1.54, 1.807) is 0 Å². The molecule has 1 aromatic carbocycles. The van der Waals surface area contributed by atoms with Gasteiger partial charge in [-0.25, -0.2) is 9.69 Å².